The monoisotopic (exact) mass is 363 g/mol. The van der Waals surface area contributed by atoms with Crippen LogP contribution in [0.4, 0.5) is 0 Å². The van der Waals surface area contributed by atoms with Gasteiger partial charge in [-0.2, -0.15) is 0 Å². The van der Waals surface area contributed by atoms with Crippen LogP contribution >= 0.6 is 0 Å². The molecule has 0 bridgehead atoms. The molecule has 136 valence electrons. The van der Waals surface area contributed by atoms with Crippen molar-refractivity contribution in [1.82, 2.24) is 15.0 Å². The Kier molecular flexibility index (Phi) is 5.02. The summed E-state index contributed by atoms with van der Waals surface area (Å²) in [5, 5.41) is 0. The molecule has 1 fully saturated rings. The number of pyridine rings is 1. The van der Waals surface area contributed by atoms with Crippen molar-refractivity contribution >= 4 is 6.29 Å². The topological polar surface area (TPSA) is 83.4 Å². The molecule has 0 saturated carbocycles. The molecule has 0 atom stereocenters. The first-order valence-corrected chi connectivity index (χ1v) is 8.50. The van der Waals surface area contributed by atoms with E-state index in [1.807, 2.05) is 30.3 Å². The Morgan fingerprint density at radius 1 is 1.15 bits per heavy atom. The first-order valence-electron chi connectivity index (χ1n) is 8.50. The average Bonchev–Trinajstić information content (AvgIpc) is 2.70. The summed E-state index contributed by atoms with van der Waals surface area (Å²) in [4.78, 5) is 23.9. The lowest BCUT2D eigenvalue weighted by Gasteiger charge is -2.26. The Balaban J connectivity index is 1.61. The van der Waals surface area contributed by atoms with E-state index in [0.717, 1.165) is 5.56 Å². The Morgan fingerprint density at radius 2 is 2.00 bits per heavy atom. The highest BCUT2D eigenvalue weighted by molar-refractivity contribution is 5.77. The maximum Gasteiger partial charge on any atom is 0.233 e. The minimum atomic E-state index is -0.00803. The number of benzene rings is 1. The molecule has 7 nitrogen and oxygen atoms in total. The fourth-order valence-corrected chi connectivity index (χ4v) is 2.56. The van der Waals surface area contributed by atoms with Gasteiger partial charge in [0.25, 0.3) is 0 Å². The van der Waals surface area contributed by atoms with Gasteiger partial charge in [-0.05, 0) is 11.6 Å². The summed E-state index contributed by atoms with van der Waals surface area (Å²) >= 11 is 0. The van der Waals surface area contributed by atoms with Gasteiger partial charge in [0.2, 0.25) is 5.88 Å². The Morgan fingerprint density at radius 3 is 2.74 bits per heavy atom. The molecule has 0 radical (unpaired) electrons. The molecule has 4 rings (SSSR count). The summed E-state index contributed by atoms with van der Waals surface area (Å²) < 4.78 is 16.7. The van der Waals surface area contributed by atoms with Crippen LogP contribution in [0.2, 0.25) is 0 Å². The molecule has 0 unspecified atom stereocenters. The molecule has 3 aromatic rings. The molecule has 27 heavy (non-hydrogen) atoms. The number of aromatic nitrogens is 3. The molecular weight excluding hydrogens is 346 g/mol. The number of carbonyl (C=O) groups excluding carboxylic acids is 1. The number of carbonyl (C=O) groups is 1. The van der Waals surface area contributed by atoms with E-state index in [1.165, 1.54) is 6.20 Å². The summed E-state index contributed by atoms with van der Waals surface area (Å²) in [5.41, 5.74) is 2.49. The smallest absolute Gasteiger partial charge is 0.233 e. The van der Waals surface area contributed by atoms with E-state index in [4.69, 9.17) is 14.2 Å². The molecule has 1 aliphatic rings. The molecule has 3 heterocycles. The lowest BCUT2D eigenvalue weighted by Crippen LogP contribution is -2.38. The van der Waals surface area contributed by atoms with E-state index in [0.29, 0.717) is 49.0 Å². The van der Waals surface area contributed by atoms with Crippen LogP contribution in [0, 0.1) is 0 Å². The van der Waals surface area contributed by atoms with Gasteiger partial charge in [0, 0.05) is 5.56 Å². The Bertz CT molecular complexity index is 930. The maximum absolute atomic E-state index is 11.2. The molecule has 1 saturated heterocycles. The van der Waals surface area contributed by atoms with Crippen LogP contribution in [0.15, 0.2) is 55.0 Å². The van der Waals surface area contributed by atoms with E-state index in [2.05, 4.69) is 15.0 Å². The van der Waals surface area contributed by atoms with Gasteiger partial charge in [0.15, 0.2) is 6.29 Å². The third kappa shape index (κ3) is 4.09. The molecule has 0 aliphatic carbocycles. The van der Waals surface area contributed by atoms with E-state index in [1.54, 1.807) is 18.5 Å². The van der Waals surface area contributed by atoms with Crippen LogP contribution in [0.25, 0.3) is 11.3 Å². The molecule has 1 aromatic carbocycles. The Hall–Kier alpha value is -3.32. The second-order valence-corrected chi connectivity index (χ2v) is 6.02. The maximum atomic E-state index is 11.2. The minimum absolute atomic E-state index is 0.00803. The summed E-state index contributed by atoms with van der Waals surface area (Å²) in [6.07, 6.45) is 5.35. The highest BCUT2D eigenvalue weighted by Gasteiger charge is 2.21. The zero-order valence-corrected chi connectivity index (χ0v) is 14.4. The van der Waals surface area contributed by atoms with Crippen LogP contribution in [0.5, 0.6) is 11.6 Å². The fourth-order valence-electron chi connectivity index (χ4n) is 2.56. The normalized spacial score (nSPS) is 13.6. The standard InChI is InChI=1S/C20H17N3O4/c24-10-15-6-17(18-7-21-9-20(23-18)27-16-12-25-13-16)19(8-22-15)26-11-14-4-2-1-3-5-14/h1-10,16H,11-13H2. The third-order valence-electron chi connectivity index (χ3n) is 4.03. The van der Waals surface area contributed by atoms with E-state index < -0.39 is 0 Å². The number of rotatable bonds is 7. The van der Waals surface area contributed by atoms with E-state index >= 15 is 0 Å². The number of aldehydes is 1. The number of hydrogen-bond donors (Lipinski definition) is 0. The van der Waals surface area contributed by atoms with Crippen molar-refractivity contribution in [3.05, 3.63) is 66.2 Å². The van der Waals surface area contributed by atoms with Crippen LogP contribution in [0.3, 0.4) is 0 Å². The van der Waals surface area contributed by atoms with Gasteiger partial charge in [-0.25, -0.2) is 9.97 Å². The highest BCUT2D eigenvalue weighted by atomic mass is 16.6. The van der Waals surface area contributed by atoms with Gasteiger partial charge >= 0.3 is 0 Å². The second-order valence-electron chi connectivity index (χ2n) is 6.02. The SMILES string of the molecule is O=Cc1cc(-c2cncc(OC3COC3)n2)c(OCc2ccccc2)cn1. The second kappa shape index (κ2) is 7.92. The van der Waals surface area contributed by atoms with E-state index in [-0.39, 0.29) is 11.8 Å². The predicted octanol–water partition coefficient (Wildman–Crippen LogP) is 2.71. The molecule has 0 amide bonds. The quantitative estimate of drug-likeness (QED) is 0.597. The molecule has 2 aromatic heterocycles. The minimum Gasteiger partial charge on any atom is -0.487 e. The lowest BCUT2D eigenvalue weighted by molar-refractivity contribution is -0.0814. The summed E-state index contributed by atoms with van der Waals surface area (Å²) in [7, 11) is 0. The van der Waals surface area contributed by atoms with Crippen molar-refractivity contribution < 1.29 is 19.0 Å². The van der Waals surface area contributed by atoms with Crippen LogP contribution < -0.4 is 9.47 Å². The van der Waals surface area contributed by atoms with Crippen molar-refractivity contribution in [3.63, 3.8) is 0 Å². The van der Waals surface area contributed by atoms with Gasteiger partial charge in [0.1, 0.15) is 24.2 Å². The largest absolute Gasteiger partial charge is 0.487 e. The fraction of sp³-hybridized carbons (Fsp3) is 0.200. The summed E-state index contributed by atoms with van der Waals surface area (Å²) in [6, 6.07) is 11.4. The summed E-state index contributed by atoms with van der Waals surface area (Å²) in [5.74, 6) is 0.919. The molecule has 7 heteroatoms. The van der Waals surface area contributed by atoms with E-state index in [9.17, 15) is 4.79 Å². The average molecular weight is 363 g/mol. The molecular formula is C20H17N3O4. The molecule has 1 aliphatic heterocycles. The van der Waals surface area contributed by atoms with Crippen LogP contribution in [-0.2, 0) is 11.3 Å². The molecule has 0 N–H and O–H groups in total. The predicted molar refractivity (Wildman–Crippen MR) is 96.7 cm³/mol. The van der Waals surface area contributed by atoms with Crippen molar-refractivity contribution in [2.24, 2.45) is 0 Å². The highest BCUT2D eigenvalue weighted by Crippen LogP contribution is 2.30. The van der Waals surface area contributed by atoms with Gasteiger partial charge in [-0.1, -0.05) is 30.3 Å². The van der Waals surface area contributed by atoms with Crippen molar-refractivity contribution in [1.29, 1.82) is 0 Å². The zero-order valence-electron chi connectivity index (χ0n) is 14.4. The van der Waals surface area contributed by atoms with Crippen LogP contribution in [0.1, 0.15) is 16.1 Å². The third-order valence-corrected chi connectivity index (χ3v) is 4.03. The van der Waals surface area contributed by atoms with Gasteiger partial charge in [-0.3, -0.25) is 9.78 Å². The van der Waals surface area contributed by atoms with Gasteiger partial charge < -0.3 is 14.2 Å². The molecule has 0 spiro atoms. The summed E-state index contributed by atoms with van der Waals surface area (Å²) in [6.45, 7) is 1.46. The lowest BCUT2D eigenvalue weighted by atomic mass is 10.1. The Labute approximate surface area is 156 Å². The van der Waals surface area contributed by atoms with Gasteiger partial charge in [-0.15, -0.1) is 0 Å². The number of nitrogens with zero attached hydrogens (tertiary/aromatic N) is 3. The number of hydrogen-bond acceptors (Lipinski definition) is 7. The number of ether oxygens (including phenoxy) is 3. The van der Waals surface area contributed by atoms with Gasteiger partial charge in [0.05, 0.1) is 37.5 Å². The first kappa shape index (κ1) is 17.1. The van der Waals surface area contributed by atoms with Crippen molar-refractivity contribution in [2.75, 3.05) is 13.2 Å². The first-order chi connectivity index (χ1) is 13.3. The van der Waals surface area contributed by atoms with Crippen molar-refractivity contribution in [2.45, 2.75) is 12.7 Å². The van der Waals surface area contributed by atoms with Crippen LogP contribution in [-0.4, -0.2) is 40.6 Å². The zero-order chi connectivity index (χ0) is 18.5. The van der Waals surface area contributed by atoms with Crippen molar-refractivity contribution in [3.8, 4) is 22.9 Å².